The van der Waals surface area contributed by atoms with Crippen molar-refractivity contribution in [1.82, 2.24) is 10.9 Å². The maximum Gasteiger partial charge on any atom is 0.269 e. The van der Waals surface area contributed by atoms with Gasteiger partial charge in [-0.2, -0.15) is 0 Å². The Kier molecular flexibility index (Phi) is 6.01. The van der Waals surface area contributed by atoms with E-state index < -0.39 is 5.92 Å². The average Bonchev–Trinajstić information content (AvgIpc) is 2.68. The third-order valence-corrected chi connectivity index (χ3v) is 4.59. The van der Waals surface area contributed by atoms with Crippen LogP contribution in [0.15, 0.2) is 84.9 Å². The Balaban J connectivity index is 1.77. The van der Waals surface area contributed by atoms with E-state index in [-0.39, 0.29) is 11.8 Å². The molecule has 130 valence electrons. The summed E-state index contributed by atoms with van der Waals surface area (Å²) < 4.78 is 0.952. The smallest absolute Gasteiger partial charge is 0.269 e. The molecule has 0 aliphatic heterocycles. The minimum Gasteiger partial charge on any atom is -0.272 e. The largest absolute Gasteiger partial charge is 0.272 e. The van der Waals surface area contributed by atoms with Gasteiger partial charge in [-0.25, -0.2) is 0 Å². The lowest BCUT2D eigenvalue weighted by Gasteiger charge is -2.18. The topological polar surface area (TPSA) is 58.2 Å². The van der Waals surface area contributed by atoms with Gasteiger partial charge in [0.25, 0.3) is 5.91 Å². The van der Waals surface area contributed by atoms with E-state index in [4.69, 9.17) is 0 Å². The second kappa shape index (κ2) is 8.62. The van der Waals surface area contributed by atoms with Crippen LogP contribution in [0, 0.1) is 3.57 Å². The SMILES string of the molecule is O=C(NNC(=O)C(c1ccccc1)c1ccccc1)c1cccc(I)c1. The van der Waals surface area contributed by atoms with Crippen molar-refractivity contribution in [3.8, 4) is 0 Å². The molecular weight excluding hydrogens is 439 g/mol. The van der Waals surface area contributed by atoms with Crippen LogP contribution in [0.1, 0.15) is 27.4 Å². The zero-order valence-electron chi connectivity index (χ0n) is 13.9. The van der Waals surface area contributed by atoms with Crippen LogP contribution < -0.4 is 10.9 Å². The van der Waals surface area contributed by atoms with Gasteiger partial charge in [0.2, 0.25) is 5.91 Å². The standard InChI is InChI=1S/C21H17IN2O2/c22-18-13-7-12-17(14-18)20(25)23-24-21(26)19(15-8-3-1-4-9-15)16-10-5-2-6-11-16/h1-14,19H,(H,23,25)(H,24,26). The third kappa shape index (κ3) is 4.49. The quantitative estimate of drug-likeness (QED) is 0.463. The van der Waals surface area contributed by atoms with E-state index in [9.17, 15) is 9.59 Å². The van der Waals surface area contributed by atoms with Crippen molar-refractivity contribution in [3.63, 3.8) is 0 Å². The van der Waals surface area contributed by atoms with Gasteiger partial charge in [-0.05, 0) is 51.9 Å². The van der Waals surface area contributed by atoms with E-state index in [1.54, 1.807) is 18.2 Å². The number of halogens is 1. The lowest BCUT2D eigenvalue weighted by Crippen LogP contribution is -2.44. The van der Waals surface area contributed by atoms with Gasteiger partial charge in [0.1, 0.15) is 0 Å². The van der Waals surface area contributed by atoms with Gasteiger partial charge in [-0.3, -0.25) is 20.4 Å². The summed E-state index contributed by atoms with van der Waals surface area (Å²) in [4.78, 5) is 25.1. The van der Waals surface area contributed by atoms with E-state index >= 15 is 0 Å². The highest BCUT2D eigenvalue weighted by Crippen LogP contribution is 2.24. The highest BCUT2D eigenvalue weighted by Gasteiger charge is 2.23. The van der Waals surface area contributed by atoms with Crippen LogP contribution in [-0.2, 0) is 4.79 Å². The van der Waals surface area contributed by atoms with Crippen LogP contribution in [0.25, 0.3) is 0 Å². The third-order valence-electron chi connectivity index (χ3n) is 3.91. The molecule has 0 unspecified atom stereocenters. The molecule has 0 saturated heterocycles. The Morgan fingerprint density at radius 2 is 1.31 bits per heavy atom. The molecule has 3 rings (SSSR count). The summed E-state index contributed by atoms with van der Waals surface area (Å²) in [5.74, 6) is -1.15. The molecule has 26 heavy (non-hydrogen) atoms. The predicted molar refractivity (Wildman–Crippen MR) is 109 cm³/mol. The maximum absolute atomic E-state index is 12.8. The number of amides is 2. The highest BCUT2D eigenvalue weighted by molar-refractivity contribution is 14.1. The van der Waals surface area contributed by atoms with Crippen LogP contribution >= 0.6 is 22.6 Å². The summed E-state index contributed by atoms with van der Waals surface area (Å²) in [6.07, 6.45) is 0. The Morgan fingerprint density at radius 3 is 1.85 bits per heavy atom. The number of benzene rings is 3. The molecular formula is C21H17IN2O2. The zero-order valence-corrected chi connectivity index (χ0v) is 16.0. The van der Waals surface area contributed by atoms with Gasteiger partial charge >= 0.3 is 0 Å². The first-order chi connectivity index (χ1) is 12.6. The van der Waals surface area contributed by atoms with Crippen LogP contribution in [0.2, 0.25) is 0 Å². The molecule has 2 N–H and O–H groups in total. The van der Waals surface area contributed by atoms with Crippen LogP contribution in [-0.4, -0.2) is 11.8 Å². The molecule has 3 aromatic carbocycles. The van der Waals surface area contributed by atoms with Crippen molar-refractivity contribution in [2.75, 3.05) is 0 Å². The molecule has 0 atom stereocenters. The van der Waals surface area contributed by atoms with Gasteiger partial charge in [-0.15, -0.1) is 0 Å². The molecule has 4 nitrogen and oxygen atoms in total. The molecule has 3 aromatic rings. The number of hydrogen-bond donors (Lipinski definition) is 2. The first kappa shape index (κ1) is 18.1. The van der Waals surface area contributed by atoms with Crippen molar-refractivity contribution in [2.45, 2.75) is 5.92 Å². The van der Waals surface area contributed by atoms with E-state index in [0.29, 0.717) is 5.56 Å². The van der Waals surface area contributed by atoms with E-state index in [0.717, 1.165) is 14.7 Å². The van der Waals surface area contributed by atoms with Crippen LogP contribution in [0.3, 0.4) is 0 Å². The normalized spacial score (nSPS) is 10.4. The molecule has 0 fully saturated rings. The monoisotopic (exact) mass is 456 g/mol. The maximum atomic E-state index is 12.8. The number of hydrazine groups is 1. The molecule has 0 aliphatic carbocycles. The minimum absolute atomic E-state index is 0.290. The number of hydrogen-bond acceptors (Lipinski definition) is 2. The highest BCUT2D eigenvalue weighted by atomic mass is 127. The zero-order chi connectivity index (χ0) is 18.4. The lowest BCUT2D eigenvalue weighted by atomic mass is 9.91. The molecule has 2 amide bonds. The second-order valence-electron chi connectivity index (χ2n) is 5.71. The Bertz CT molecular complexity index is 859. The van der Waals surface area contributed by atoms with Crippen molar-refractivity contribution in [1.29, 1.82) is 0 Å². The lowest BCUT2D eigenvalue weighted by molar-refractivity contribution is -0.122. The summed E-state index contributed by atoms with van der Waals surface area (Å²) in [6.45, 7) is 0. The Labute approximate surface area is 165 Å². The van der Waals surface area contributed by atoms with Gasteiger partial charge in [0.05, 0.1) is 5.92 Å². The number of nitrogens with one attached hydrogen (secondary N) is 2. The van der Waals surface area contributed by atoms with Crippen molar-refractivity contribution in [3.05, 3.63) is 105 Å². The first-order valence-corrected chi connectivity index (χ1v) is 9.18. The van der Waals surface area contributed by atoms with Crippen LogP contribution in [0.5, 0.6) is 0 Å². The molecule has 0 bridgehead atoms. The van der Waals surface area contributed by atoms with Crippen molar-refractivity contribution >= 4 is 34.4 Å². The Hall–Kier alpha value is -2.67. The van der Waals surface area contributed by atoms with Gasteiger partial charge < -0.3 is 0 Å². The Morgan fingerprint density at radius 1 is 0.731 bits per heavy atom. The molecule has 0 aromatic heterocycles. The summed E-state index contributed by atoms with van der Waals surface area (Å²) in [5.41, 5.74) is 7.28. The minimum atomic E-state index is -0.506. The summed E-state index contributed by atoms with van der Waals surface area (Å²) in [5, 5.41) is 0. The van der Waals surface area contributed by atoms with Gasteiger partial charge in [-0.1, -0.05) is 66.7 Å². The molecule has 5 heteroatoms. The summed E-state index contributed by atoms with van der Waals surface area (Å²) in [7, 11) is 0. The van der Waals surface area contributed by atoms with E-state index in [2.05, 4.69) is 33.4 Å². The number of rotatable bonds is 4. The molecule has 0 heterocycles. The molecule has 0 spiro atoms. The first-order valence-electron chi connectivity index (χ1n) is 8.11. The molecule has 0 aliphatic rings. The fraction of sp³-hybridized carbons (Fsp3) is 0.0476. The van der Waals surface area contributed by atoms with Gasteiger partial charge in [0, 0.05) is 9.13 Å². The average molecular weight is 456 g/mol. The number of carbonyl (C=O) groups is 2. The van der Waals surface area contributed by atoms with E-state index in [1.807, 2.05) is 66.7 Å². The predicted octanol–water partition coefficient (Wildman–Crippen LogP) is 3.88. The summed E-state index contributed by atoms with van der Waals surface area (Å²) in [6, 6.07) is 26.1. The molecule has 0 saturated carbocycles. The summed E-state index contributed by atoms with van der Waals surface area (Å²) >= 11 is 2.14. The van der Waals surface area contributed by atoms with Crippen molar-refractivity contribution in [2.24, 2.45) is 0 Å². The fourth-order valence-electron chi connectivity index (χ4n) is 2.68. The number of carbonyl (C=O) groups excluding carboxylic acids is 2. The fourth-order valence-corrected chi connectivity index (χ4v) is 3.22. The van der Waals surface area contributed by atoms with Crippen LogP contribution in [0.4, 0.5) is 0 Å². The van der Waals surface area contributed by atoms with E-state index in [1.165, 1.54) is 0 Å². The second-order valence-corrected chi connectivity index (χ2v) is 6.95. The van der Waals surface area contributed by atoms with Gasteiger partial charge in [0.15, 0.2) is 0 Å². The molecule has 0 radical (unpaired) electrons. The van der Waals surface area contributed by atoms with Crippen molar-refractivity contribution < 1.29 is 9.59 Å².